The van der Waals surface area contributed by atoms with Gasteiger partial charge in [0.25, 0.3) is 0 Å². The summed E-state index contributed by atoms with van der Waals surface area (Å²) in [6, 6.07) is 11.3. The summed E-state index contributed by atoms with van der Waals surface area (Å²) < 4.78 is 33.9. The summed E-state index contributed by atoms with van der Waals surface area (Å²) in [5.74, 6) is 0.657. The fourth-order valence-electron chi connectivity index (χ4n) is 3.08. The van der Waals surface area contributed by atoms with E-state index in [1.807, 2.05) is 19.1 Å². The van der Waals surface area contributed by atoms with Crippen molar-refractivity contribution in [3.8, 4) is 5.75 Å². The maximum atomic E-state index is 12.9. The van der Waals surface area contributed by atoms with E-state index in [0.717, 1.165) is 5.56 Å². The molecule has 0 heterocycles. The molecule has 5 heteroatoms. The fourth-order valence-corrected chi connectivity index (χ4v) is 4.77. The molecular formula is C21H29NO3S. The lowest BCUT2D eigenvalue weighted by atomic mass is 9.86. The minimum absolute atomic E-state index is 0.0680. The molecule has 0 aliphatic heterocycles. The van der Waals surface area contributed by atoms with E-state index in [1.54, 1.807) is 33.1 Å². The van der Waals surface area contributed by atoms with Crippen LogP contribution in [0.3, 0.4) is 0 Å². The van der Waals surface area contributed by atoms with Crippen LogP contribution in [0.1, 0.15) is 56.0 Å². The molecule has 0 aliphatic carbocycles. The zero-order chi connectivity index (χ0) is 19.7. The number of rotatable bonds is 5. The standard InChI is InChI=1S/C21H29NO3S/c1-14-12-19(25-7)13-15(2)20(14)26(23,24)22-16(3)17-8-10-18(11-9-17)21(4,5)6/h8-13,16,22H,1-7H3/t16-/m0/s1. The van der Waals surface area contributed by atoms with Crippen LogP contribution in [0.15, 0.2) is 41.3 Å². The molecule has 0 aliphatic rings. The highest BCUT2D eigenvalue weighted by molar-refractivity contribution is 7.89. The maximum Gasteiger partial charge on any atom is 0.241 e. The van der Waals surface area contributed by atoms with Crippen molar-refractivity contribution in [1.29, 1.82) is 0 Å². The van der Waals surface area contributed by atoms with Crippen molar-refractivity contribution in [1.82, 2.24) is 4.72 Å². The van der Waals surface area contributed by atoms with E-state index in [-0.39, 0.29) is 11.5 Å². The Hall–Kier alpha value is -1.85. The van der Waals surface area contributed by atoms with Gasteiger partial charge in [0.2, 0.25) is 10.0 Å². The molecule has 0 saturated carbocycles. The van der Waals surface area contributed by atoms with Gasteiger partial charge in [0, 0.05) is 6.04 Å². The normalized spacial score (nSPS) is 13.5. The predicted octanol–water partition coefficient (Wildman–Crippen LogP) is 4.65. The molecule has 2 rings (SSSR count). The van der Waals surface area contributed by atoms with Crippen molar-refractivity contribution in [2.75, 3.05) is 7.11 Å². The first-order valence-electron chi connectivity index (χ1n) is 8.73. The zero-order valence-corrected chi connectivity index (χ0v) is 17.5. The topological polar surface area (TPSA) is 55.4 Å². The van der Waals surface area contributed by atoms with Gasteiger partial charge in [0.05, 0.1) is 12.0 Å². The average molecular weight is 376 g/mol. The molecule has 0 spiro atoms. The second kappa shape index (κ2) is 7.41. The van der Waals surface area contributed by atoms with Crippen LogP contribution in [0.4, 0.5) is 0 Å². The second-order valence-corrected chi connectivity index (χ2v) is 9.46. The van der Waals surface area contributed by atoms with Gasteiger partial charge >= 0.3 is 0 Å². The summed E-state index contributed by atoms with van der Waals surface area (Å²) in [5.41, 5.74) is 3.57. The van der Waals surface area contributed by atoms with Crippen LogP contribution in [-0.2, 0) is 15.4 Å². The molecular weight excluding hydrogens is 346 g/mol. The lowest BCUT2D eigenvalue weighted by molar-refractivity contribution is 0.413. The SMILES string of the molecule is COc1cc(C)c(S(=O)(=O)N[C@@H](C)c2ccc(C(C)(C)C)cc2)c(C)c1. The van der Waals surface area contributed by atoms with Gasteiger partial charge < -0.3 is 4.74 Å². The van der Waals surface area contributed by atoms with Gasteiger partial charge in [-0.3, -0.25) is 0 Å². The van der Waals surface area contributed by atoms with Gasteiger partial charge in [-0.1, -0.05) is 45.0 Å². The Bertz CT molecular complexity index is 855. The van der Waals surface area contributed by atoms with Crippen molar-refractivity contribution in [2.24, 2.45) is 0 Å². The Kier molecular flexibility index (Phi) is 5.83. The smallest absolute Gasteiger partial charge is 0.241 e. The number of ether oxygens (including phenoxy) is 1. The third kappa shape index (κ3) is 4.46. The van der Waals surface area contributed by atoms with Gasteiger partial charge in [-0.15, -0.1) is 0 Å². The highest BCUT2D eigenvalue weighted by atomic mass is 32.2. The molecule has 142 valence electrons. The maximum absolute atomic E-state index is 12.9. The van der Waals surface area contributed by atoms with Gasteiger partial charge in [-0.25, -0.2) is 13.1 Å². The molecule has 0 unspecified atom stereocenters. The van der Waals surface area contributed by atoms with Gasteiger partial charge in [0.15, 0.2) is 0 Å². The Morgan fingerprint density at radius 3 is 1.92 bits per heavy atom. The van der Waals surface area contributed by atoms with E-state index in [2.05, 4.69) is 37.6 Å². The molecule has 0 bridgehead atoms. The van der Waals surface area contributed by atoms with Crippen molar-refractivity contribution in [2.45, 2.75) is 57.9 Å². The fraction of sp³-hybridized carbons (Fsp3) is 0.429. The molecule has 1 N–H and O–H groups in total. The third-order valence-electron chi connectivity index (χ3n) is 4.55. The number of benzene rings is 2. The van der Waals surface area contributed by atoms with Crippen molar-refractivity contribution in [3.05, 3.63) is 58.7 Å². The molecule has 26 heavy (non-hydrogen) atoms. The molecule has 4 nitrogen and oxygen atoms in total. The molecule has 0 amide bonds. The van der Waals surface area contributed by atoms with Crippen LogP contribution >= 0.6 is 0 Å². The Morgan fingerprint density at radius 1 is 1.00 bits per heavy atom. The van der Waals surface area contributed by atoms with E-state index in [9.17, 15) is 8.42 Å². The van der Waals surface area contributed by atoms with Crippen molar-refractivity contribution in [3.63, 3.8) is 0 Å². The predicted molar refractivity (Wildman–Crippen MR) is 106 cm³/mol. The highest BCUT2D eigenvalue weighted by Gasteiger charge is 2.23. The summed E-state index contributed by atoms with van der Waals surface area (Å²) in [5, 5.41) is 0. The monoisotopic (exact) mass is 375 g/mol. The summed E-state index contributed by atoms with van der Waals surface area (Å²) in [6.45, 7) is 11.9. The number of hydrogen-bond acceptors (Lipinski definition) is 3. The largest absolute Gasteiger partial charge is 0.497 e. The molecule has 0 radical (unpaired) electrons. The Morgan fingerprint density at radius 2 is 1.50 bits per heavy atom. The van der Waals surface area contributed by atoms with E-state index >= 15 is 0 Å². The first kappa shape index (κ1) is 20.5. The quantitative estimate of drug-likeness (QED) is 0.828. The van der Waals surface area contributed by atoms with Crippen LogP contribution in [0.5, 0.6) is 5.75 Å². The van der Waals surface area contributed by atoms with Crippen molar-refractivity contribution < 1.29 is 13.2 Å². The van der Waals surface area contributed by atoms with E-state index in [1.165, 1.54) is 5.56 Å². The summed E-state index contributed by atoms with van der Waals surface area (Å²) >= 11 is 0. The van der Waals surface area contributed by atoms with E-state index in [4.69, 9.17) is 4.74 Å². The average Bonchev–Trinajstić information content (AvgIpc) is 2.52. The lowest BCUT2D eigenvalue weighted by Crippen LogP contribution is -2.28. The zero-order valence-electron chi connectivity index (χ0n) is 16.7. The number of methoxy groups -OCH3 is 1. The molecule has 0 aromatic heterocycles. The van der Waals surface area contributed by atoms with Crippen LogP contribution in [-0.4, -0.2) is 15.5 Å². The second-order valence-electron chi connectivity index (χ2n) is 7.81. The van der Waals surface area contributed by atoms with Crippen LogP contribution in [0, 0.1) is 13.8 Å². The Labute approximate surface area is 157 Å². The minimum Gasteiger partial charge on any atom is -0.497 e. The molecule has 2 aromatic rings. The van der Waals surface area contributed by atoms with Crippen LogP contribution in [0.25, 0.3) is 0 Å². The molecule has 0 fully saturated rings. The first-order chi connectivity index (χ1) is 12.0. The molecule has 0 saturated heterocycles. The molecule has 1 atom stereocenters. The van der Waals surface area contributed by atoms with Crippen LogP contribution in [0.2, 0.25) is 0 Å². The van der Waals surface area contributed by atoms with Crippen LogP contribution < -0.4 is 9.46 Å². The van der Waals surface area contributed by atoms with Gasteiger partial charge in [-0.05, 0) is 60.6 Å². The van der Waals surface area contributed by atoms with E-state index < -0.39 is 10.0 Å². The number of aryl methyl sites for hydroxylation is 2. The van der Waals surface area contributed by atoms with Crippen molar-refractivity contribution >= 4 is 10.0 Å². The van der Waals surface area contributed by atoms with E-state index in [0.29, 0.717) is 21.8 Å². The minimum atomic E-state index is -3.64. The lowest BCUT2D eigenvalue weighted by Gasteiger charge is -2.21. The molecule has 2 aromatic carbocycles. The first-order valence-corrected chi connectivity index (χ1v) is 10.2. The highest BCUT2D eigenvalue weighted by Crippen LogP contribution is 2.28. The summed E-state index contributed by atoms with van der Waals surface area (Å²) in [7, 11) is -2.06. The summed E-state index contributed by atoms with van der Waals surface area (Å²) in [4.78, 5) is 0.316. The van der Waals surface area contributed by atoms with Gasteiger partial charge in [0.1, 0.15) is 5.75 Å². The third-order valence-corrected chi connectivity index (χ3v) is 6.39. The number of hydrogen-bond donors (Lipinski definition) is 1. The number of nitrogens with one attached hydrogen (secondary N) is 1. The van der Waals surface area contributed by atoms with Gasteiger partial charge in [-0.2, -0.15) is 0 Å². The Balaban J connectivity index is 2.29. The summed E-state index contributed by atoms with van der Waals surface area (Å²) in [6.07, 6.45) is 0. The number of sulfonamides is 1.